The van der Waals surface area contributed by atoms with Gasteiger partial charge in [0.2, 0.25) is 0 Å². The summed E-state index contributed by atoms with van der Waals surface area (Å²) in [5, 5.41) is 20.4. The third-order valence-electron chi connectivity index (χ3n) is 0.789. The Morgan fingerprint density at radius 3 is 1.64 bits per heavy atom. The van der Waals surface area contributed by atoms with Crippen LogP contribution in [0.5, 0.6) is 0 Å². The van der Waals surface area contributed by atoms with E-state index in [2.05, 4.69) is 0 Å². The summed E-state index contributed by atoms with van der Waals surface area (Å²) < 4.78 is 0. The van der Waals surface area contributed by atoms with Crippen molar-refractivity contribution in [1.82, 2.24) is 0 Å². The van der Waals surface area contributed by atoms with E-state index in [1.165, 1.54) is 23.5 Å². The van der Waals surface area contributed by atoms with Gasteiger partial charge in [0.1, 0.15) is 10.8 Å². The van der Waals surface area contributed by atoms with Crippen LogP contribution in [0.15, 0.2) is 0 Å². The molecule has 0 unspecified atom stereocenters. The van der Waals surface area contributed by atoms with Crippen molar-refractivity contribution < 1.29 is 0 Å². The number of nitriles is 2. The van der Waals surface area contributed by atoms with Crippen LogP contribution in [-0.2, 0) is 0 Å². The Labute approximate surface area is 79.7 Å². The van der Waals surface area contributed by atoms with Gasteiger partial charge in [0.05, 0.1) is 0 Å². The number of thiocyanates is 2. The molecule has 0 amide bonds. The molecule has 0 spiro atoms. The lowest BCUT2D eigenvalue weighted by atomic mass is 10.9. The molecule has 0 aliphatic heterocycles. The van der Waals surface area contributed by atoms with Gasteiger partial charge >= 0.3 is 0 Å². The monoisotopic (exact) mass is 204 g/mol. The van der Waals surface area contributed by atoms with Crippen LogP contribution in [0.1, 0.15) is 0 Å². The van der Waals surface area contributed by atoms with E-state index in [4.69, 9.17) is 10.5 Å². The van der Waals surface area contributed by atoms with Crippen molar-refractivity contribution in [2.24, 2.45) is 0 Å². The van der Waals surface area contributed by atoms with Crippen LogP contribution < -0.4 is 0 Å². The van der Waals surface area contributed by atoms with E-state index in [1.807, 2.05) is 10.8 Å². The smallest absolute Gasteiger partial charge is 0.133 e. The van der Waals surface area contributed by atoms with Gasteiger partial charge in [-0.1, -0.05) is 0 Å². The SMILES string of the molecule is N#CSCCSCCSC#N. The number of rotatable bonds is 6. The second-order valence-electron chi connectivity index (χ2n) is 1.49. The summed E-state index contributed by atoms with van der Waals surface area (Å²) >= 11 is 4.36. The van der Waals surface area contributed by atoms with Gasteiger partial charge in [-0.05, 0) is 23.5 Å². The minimum atomic E-state index is 0.887. The van der Waals surface area contributed by atoms with Gasteiger partial charge in [0.25, 0.3) is 0 Å². The zero-order chi connectivity index (χ0) is 8.36. The quantitative estimate of drug-likeness (QED) is 0.490. The van der Waals surface area contributed by atoms with Crippen molar-refractivity contribution in [3.63, 3.8) is 0 Å². The Bertz CT molecular complexity index is 140. The summed E-state index contributed by atoms with van der Waals surface area (Å²) in [6, 6.07) is 0. The second-order valence-corrected chi connectivity index (χ2v) is 4.48. The summed E-state index contributed by atoms with van der Waals surface area (Å²) in [6.45, 7) is 0. The lowest BCUT2D eigenvalue weighted by Crippen LogP contribution is -1.87. The number of nitrogens with zero attached hydrogens (tertiary/aromatic N) is 2. The van der Waals surface area contributed by atoms with Gasteiger partial charge in [-0.3, -0.25) is 0 Å². The molecule has 0 aliphatic carbocycles. The Kier molecular flexibility index (Phi) is 10.1. The van der Waals surface area contributed by atoms with E-state index < -0.39 is 0 Å². The van der Waals surface area contributed by atoms with Crippen LogP contribution in [-0.4, -0.2) is 23.0 Å². The molecule has 0 fully saturated rings. The first-order valence-electron chi connectivity index (χ1n) is 3.01. The molecule has 0 bridgehead atoms. The highest BCUT2D eigenvalue weighted by Crippen LogP contribution is 2.08. The fourth-order valence-corrected chi connectivity index (χ4v) is 2.39. The molecular weight excluding hydrogens is 196 g/mol. The van der Waals surface area contributed by atoms with E-state index in [1.54, 1.807) is 11.8 Å². The molecule has 0 aromatic rings. The average molecular weight is 204 g/mol. The first kappa shape index (κ1) is 11.0. The zero-order valence-corrected chi connectivity index (χ0v) is 8.40. The van der Waals surface area contributed by atoms with Crippen LogP contribution in [0.25, 0.3) is 0 Å². The summed E-state index contributed by atoms with van der Waals surface area (Å²) in [5.74, 6) is 3.78. The van der Waals surface area contributed by atoms with Crippen LogP contribution >= 0.6 is 35.3 Å². The van der Waals surface area contributed by atoms with Crippen molar-refractivity contribution in [2.45, 2.75) is 0 Å². The molecule has 11 heavy (non-hydrogen) atoms. The van der Waals surface area contributed by atoms with Crippen LogP contribution in [0, 0.1) is 21.3 Å². The highest BCUT2D eigenvalue weighted by atomic mass is 32.2. The van der Waals surface area contributed by atoms with Crippen molar-refractivity contribution in [3.05, 3.63) is 0 Å². The minimum Gasteiger partial charge on any atom is -0.185 e. The predicted octanol–water partition coefficient (Wildman–Crippen LogP) is 2.15. The molecule has 0 aromatic heterocycles. The lowest BCUT2D eigenvalue weighted by Gasteiger charge is -1.94. The molecule has 2 nitrogen and oxygen atoms in total. The summed E-state index contributed by atoms with van der Waals surface area (Å²) in [5.41, 5.74) is 0. The zero-order valence-electron chi connectivity index (χ0n) is 5.95. The Balaban J connectivity index is 2.82. The molecule has 0 atom stereocenters. The van der Waals surface area contributed by atoms with Crippen molar-refractivity contribution in [2.75, 3.05) is 23.0 Å². The Morgan fingerprint density at radius 1 is 0.818 bits per heavy atom. The van der Waals surface area contributed by atoms with E-state index in [0.717, 1.165) is 23.0 Å². The maximum Gasteiger partial charge on any atom is 0.133 e. The Morgan fingerprint density at radius 2 is 1.27 bits per heavy atom. The molecule has 0 aliphatic rings. The highest BCUT2D eigenvalue weighted by Gasteiger charge is 1.89. The third-order valence-corrected chi connectivity index (χ3v) is 3.37. The summed E-state index contributed by atoms with van der Waals surface area (Å²) in [7, 11) is 0. The number of thioether (sulfide) groups is 3. The first-order chi connectivity index (χ1) is 5.41. The van der Waals surface area contributed by atoms with E-state index in [-0.39, 0.29) is 0 Å². The molecule has 60 valence electrons. The predicted molar refractivity (Wildman–Crippen MR) is 53.5 cm³/mol. The van der Waals surface area contributed by atoms with Crippen molar-refractivity contribution in [3.8, 4) is 10.8 Å². The van der Waals surface area contributed by atoms with Crippen molar-refractivity contribution in [1.29, 1.82) is 10.5 Å². The van der Waals surface area contributed by atoms with E-state index in [0.29, 0.717) is 0 Å². The topological polar surface area (TPSA) is 47.6 Å². The van der Waals surface area contributed by atoms with Crippen molar-refractivity contribution >= 4 is 35.3 Å². The number of hydrogen-bond acceptors (Lipinski definition) is 5. The van der Waals surface area contributed by atoms with Crippen LogP contribution in [0.3, 0.4) is 0 Å². The first-order valence-corrected chi connectivity index (χ1v) is 6.14. The highest BCUT2D eigenvalue weighted by molar-refractivity contribution is 8.07. The van der Waals surface area contributed by atoms with Gasteiger partial charge in [0, 0.05) is 23.0 Å². The van der Waals surface area contributed by atoms with Gasteiger partial charge < -0.3 is 0 Å². The molecule has 0 rings (SSSR count). The summed E-state index contributed by atoms with van der Waals surface area (Å²) in [6.07, 6.45) is 0. The fraction of sp³-hybridized carbons (Fsp3) is 0.667. The molecule has 0 N–H and O–H groups in total. The van der Waals surface area contributed by atoms with E-state index >= 15 is 0 Å². The maximum absolute atomic E-state index is 8.16. The normalized spacial score (nSPS) is 8.55. The summed E-state index contributed by atoms with van der Waals surface area (Å²) in [4.78, 5) is 0. The molecular formula is C6H8N2S3. The van der Waals surface area contributed by atoms with Crippen LogP contribution in [0.2, 0.25) is 0 Å². The minimum absolute atomic E-state index is 0.887. The molecule has 0 heterocycles. The molecule has 5 heteroatoms. The third kappa shape index (κ3) is 10.0. The lowest BCUT2D eigenvalue weighted by molar-refractivity contribution is 1.49. The second kappa shape index (κ2) is 10.0. The maximum atomic E-state index is 8.16. The Hall–Kier alpha value is 0.0300. The fourth-order valence-electron chi connectivity index (χ4n) is 0.395. The molecule has 0 saturated heterocycles. The van der Waals surface area contributed by atoms with Crippen LogP contribution in [0.4, 0.5) is 0 Å². The van der Waals surface area contributed by atoms with Gasteiger partial charge in [-0.25, -0.2) is 0 Å². The molecule has 0 radical (unpaired) electrons. The largest absolute Gasteiger partial charge is 0.185 e. The molecule has 0 saturated carbocycles. The van der Waals surface area contributed by atoms with E-state index in [9.17, 15) is 0 Å². The van der Waals surface area contributed by atoms with Gasteiger partial charge in [-0.15, -0.1) is 0 Å². The van der Waals surface area contributed by atoms with Gasteiger partial charge in [0.15, 0.2) is 0 Å². The standard InChI is InChI=1S/C6H8N2S3/c7-5-10-3-1-9-2-4-11-6-8/h1-4H2. The number of hydrogen-bond donors (Lipinski definition) is 0. The van der Waals surface area contributed by atoms with Gasteiger partial charge in [-0.2, -0.15) is 22.3 Å². The molecule has 0 aromatic carbocycles. The average Bonchev–Trinajstić information content (AvgIpc) is 2.03.